The summed E-state index contributed by atoms with van der Waals surface area (Å²) >= 11 is 0. The van der Waals surface area contributed by atoms with Crippen LogP contribution in [0.5, 0.6) is 11.5 Å². The molecule has 4 rings (SSSR count). The maximum atomic E-state index is 12.5. The zero-order valence-corrected chi connectivity index (χ0v) is 17.6. The molecule has 2 amide bonds. The Labute approximate surface area is 184 Å². The van der Waals surface area contributed by atoms with Crippen LogP contribution in [0, 0.1) is 16.0 Å². The molecule has 0 aliphatic carbocycles. The van der Waals surface area contributed by atoms with Crippen LogP contribution >= 0.6 is 0 Å². The third-order valence-corrected chi connectivity index (χ3v) is 5.53. The van der Waals surface area contributed by atoms with E-state index in [0.29, 0.717) is 23.1 Å². The Kier molecular flexibility index (Phi) is 6.11. The maximum absolute atomic E-state index is 12.5. The van der Waals surface area contributed by atoms with E-state index in [1.165, 1.54) is 12.1 Å². The standard InChI is InChI=1S/C22H24N4O6/c1-14-5-4-10-25(12-14)16-9-8-15(11-17(16)26(29)30)21(27)23-24-22(28)20-13-31-18-6-2-3-7-19(18)32-20/h2-3,6-9,11,14,20H,4-5,10,12-13H2,1H3,(H,23,27)(H,24,28)/t14-,20-/m0/s1. The number of carbonyl (C=O) groups is 2. The highest BCUT2D eigenvalue weighted by molar-refractivity contribution is 5.97. The first-order chi connectivity index (χ1) is 15.4. The lowest BCUT2D eigenvalue weighted by atomic mass is 9.99. The third kappa shape index (κ3) is 4.58. The Morgan fingerprint density at radius 2 is 1.94 bits per heavy atom. The van der Waals surface area contributed by atoms with Gasteiger partial charge in [-0.25, -0.2) is 0 Å². The highest BCUT2D eigenvalue weighted by Crippen LogP contribution is 2.33. The number of hydrazine groups is 1. The summed E-state index contributed by atoms with van der Waals surface area (Å²) in [5.74, 6) is 0.150. The van der Waals surface area contributed by atoms with Crippen molar-refractivity contribution in [3.05, 3.63) is 58.1 Å². The van der Waals surface area contributed by atoms with Crippen molar-refractivity contribution in [1.29, 1.82) is 0 Å². The lowest BCUT2D eigenvalue weighted by Crippen LogP contribution is -2.50. The highest BCUT2D eigenvalue weighted by atomic mass is 16.6. The number of anilines is 1. The normalized spacial score (nSPS) is 19.7. The molecule has 2 heterocycles. The molecule has 1 saturated heterocycles. The molecule has 0 spiro atoms. The molecule has 10 nitrogen and oxygen atoms in total. The molecule has 168 valence electrons. The van der Waals surface area contributed by atoms with E-state index in [4.69, 9.17) is 9.47 Å². The molecule has 0 radical (unpaired) electrons. The van der Waals surface area contributed by atoms with E-state index < -0.39 is 22.8 Å². The van der Waals surface area contributed by atoms with Crippen molar-refractivity contribution in [3.63, 3.8) is 0 Å². The molecule has 0 bridgehead atoms. The van der Waals surface area contributed by atoms with Crippen molar-refractivity contribution >= 4 is 23.2 Å². The van der Waals surface area contributed by atoms with E-state index in [0.717, 1.165) is 25.9 Å². The van der Waals surface area contributed by atoms with Gasteiger partial charge in [-0.2, -0.15) is 0 Å². The molecular formula is C22H24N4O6. The Hall–Kier alpha value is -3.82. The van der Waals surface area contributed by atoms with Gasteiger partial charge in [0.2, 0.25) is 6.10 Å². The lowest BCUT2D eigenvalue weighted by Gasteiger charge is -2.32. The fourth-order valence-corrected chi connectivity index (χ4v) is 3.91. The van der Waals surface area contributed by atoms with Gasteiger partial charge in [-0.05, 0) is 43.0 Å². The topological polar surface area (TPSA) is 123 Å². The number of piperidine rings is 1. The number of nitrogens with one attached hydrogen (secondary N) is 2. The van der Waals surface area contributed by atoms with Gasteiger partial charge in [0, 0.05) is 24.7 Å². The number of hydrogen-bond acceptors (Lipinski definition) is 7. The minimum atomic E-state index is -0.942. The van der Waals surface area contributed by atoms with Crippen molar-refractivity contribution in [2.45, 2.75) is 25.9 Å². The average Bonchev–Trinajstić information content (AvgIpc) is 2.81. The van der Waals surface area contributed by atoms with Gasteiger partial charge in [-0.1, -0.05) is 19.1 Å². The minimum absolute atomic E-state index is 0.00680. The lowest BCUT2D eigenvalue weighted by molar-refractivity contribution is -0.384. The van der Waals surface area contributed by atoms with Gasteiger partial charge in [0.1, 0.15) is 12.3 Å². The highest BCUT2D eigenvalue weighted by Gasteiger charge is 2.28. The first kappa shape index (κ1) is 21.4. The summed E-state index contributed by atoms with van der Waals surface area (Å²) in [4.78, 5) is 38.0. The number of carbonyl (C=O) groups excluding carboxylic acids is 2. The molecule has 0 aromatic heterocycles. The largest absolute Gasteiger partial charge is 0.485 e. The number of rotatable bonds is 4. The van der Waals surface area contributed by atoms with Crippen LogP contribution in [-0.4, -0.2) is 42.5 Å². The van der Waals surface area contributed by atoms with E-state index >= 15 is 0 Å². The van der Waals surface area contributed by atoms with Gasteiger partial charge in [-0.3, -0.25) is 30.6 Å². The number of hydrogen-bond donors (Lipinski definition) is 2. The number of ether oxygens (including phenoxy) is 2. The molecule has 2 aromatic rings. The van der Waals surface area contributed by atoms with E-state index in [9.17, 15) is 19.7 Å². The first-order valence-electron chi connectivity index (χ1n) is 10.4. The molecule has 1 fully saturated rings. The molecule has 32 heavy (non-hydrogen) atoms. The Morgan fingerprint density at radius 3 is 2.69 bits per heavy atom. The summed E-state index contributed by atoms with van der Waals surface area (Å²) in [6.07, 6.45) is 1.11. The van der Waals surface area contributed by atoms with Crippen LogP contribution < -0.4 is 25.2 Å². The predicted octanol–water partition coefficient (Wildman–Crippen LogP) is 2.43. The van der Waals surface area contributed by atoms with E-state index in [-0.39, 0.29) is 17.9 Å². The van der Waals surface area contributed by atoms with Gasteiger partial charge in [0.05, 0.1) is 4.92 Å². The summed E-state index contributed by atoms with van der Waals surface area (Å²) in [5, 5.41) is 11.6. The second-order valence-electron chi connectivity index (χ2n) is 7.96. The van der Waals surface area contributed by atoms with Crippen LogP contribution in [0.4, 0.5) is 11.4 Å². The number of para-hydroxylation sites is 2. The van der Waals surface area contributed by atoms with E-state index in [2.05, 4.69) is 17.8 Å². The van der Waals surface area contributed by atoms with Gasteiger partial charge in [-0.15, -0.1) is 0 Å². The third-order valence-electron chi connectivity index (χ3n) is 5.53. The van der Waals surface area contributed by atoms with Gasteiger partial charge < -0.3 is 14.4 Å². The molecule has 2 atom stereocenters. The Morgan fingerprint density at radius 1 is 1.16 bits per heavy atom. The molecule has 2 N–H and O–H groups in total. The van der Waals surface area contributed by atoms with Gasteiger partial charge in [0.25, 0.3) is 17.5 Å². The number of nitro groups is 1. The van der Waals surface area contributed by atoms with Gasteiger partial charge >= 0.3 is 0 Å². The average molecular weight is 440 g/mol. The molecule has 2 aromatic carbocycles. The molecular weight excluding hydrogens is 416 g/mol. The second kappa shape index (κ2) is 9.13. The fourth-order valence-electron chi connectivity index (χ4n) is 3.91. The maximum Gasteiger partial charge on any atom is 0.293 e. The predicted molar refractivity (Wildman–Crippen MR) is 116 cm³/mol. The number of nitro benzene ring substituents is 1. The minimum Gasteiger partial charge on any atom is -0.485 e. The van der Waals surface area contributed by atoms with Crippen molar-refractivity contribution < 1.29 is 24.0 Å². The summed E-state index contributed by atoms with van der Waals surface area (Å²) in [7, 11) is 0. The SMILES string of the molecule is C[C@H]1CCCN(c2ccc(C(=O)NNC(=O)[C@@H]3COc4ccccc4O3)cc2[N+](=O)[O-])C1. The summed E-state index contributed by atoms with van der Waals surface area (Å²) in [6, 6.07) is 11.3. The number of amides is 2. The monoisotopic (exact) mass is 440 g/mol. The quantitative estimate of drug-likeness (QED) is 0.553. The van der Waals surface area contributed by atoms with Gasteiger partial charge in [0.15, 0.2) is 11.5 Å². The summed E-state index contributed by atoms with van der Waals surface area (Å²) in [6.45, 7) is 3.57. The molecule has 0 unspecified atom stereocenters. The second-order valence-corrected chi connectivity index (χ2v) is 7.96. The number of fused-ring (bicyclic) bond motifs is 1. The zero-order chi connectivity index (χ0) is 22.7. The molecule has 10 heteroatoms. The van der Waals surface area contributed by atoms with Crippen LogP contribution in [0.3, 0.4) is 0 Å². The van der Waals surface area contributed by atoms with E-state index in [1.54, 1.807) is 30.3 Å². The first-order valence-corrected chi connectivity index (χ1v) is 10.4. The number of benzene rings is 2. The Balaban J connectivity index is 1.40. The molecule has 0 saturated carbocycles. The number of nitrogens with zero attached hydrogens (tertiary/aromatic N) is 2. The van der Waals surface area contributed by atoms with E-state index in [1.807, 2.05) is 4.90 Å². The smallest absolute Gasteiger partial charge is 0.293 e. The van der Waals surface area contributed by atoms with Crippen LogP contribution in [0.2, 0.25) is 0 Å². The summed E-state index contributed by atoms with van der Waals surface area (Å²) < 4.78 is 11.1. The molecule has 2 aliphatic rings. The zero-order valence-electron chi connectivity index (χ0n) is 17.6. The molecule has 2 aliphatic heterocycles. The van der Waals surface area contributed by atoms with Crippen LogP contribution in [-0.2, 0) is 4.79 Å². The van der Waals surface area contributed by atoms with Crippen molar-refractivity contribution in [3.8, 4) is 11.5 Å². The van der Waals surface area contributed by atoms with Crippen molar-refractivity contribution in [1.82, 2.24) is 10.9 Å². The van der Waals surface area contributed by atoms with Crippen LogP contribution in [0.1, 0.15) is 30.1 Å². The Bertz CT molecular complexity index is 1040. The summed E-state index contributed by atoms with van der Waals surface area (Å²) in [5.41, 5.74) is 4.99. The van der Waals surface area contributed by atoms with Crippen molar-refractivity contribution in [2.75, 3.05) is 24.6 Å². The van der Waals surface area contributed by atoms with Crippen LogP contribution in [0.15, 0.2) is 42.5 Å². The van der Waals surface area contributed by atoms with Crippen molar-refractivity contribution in [2.24, 2.45) is 5.92 Å². The van der Waals surface area contributed by atoms with Crippen LogP contribution in [0.25, 0.3) is 0 Å². The fraction of sp³-hybridized carbons (Fsp3) is 0.364.